The third kappa shape index (κ3) is 4.26. The molecule has 0 heterocycles. The number of aryl methyl sites for hydroxylation is 2. The van der Waals surface area contributed by atoms with Gasteiger partial charge in [0.2, 0.25) is 0 Å². The van der Waals surface area contributed by atoms with E-state index in [4.69, 9.17) is 11.6 Å². The molecule has 100 valence electrons. The lowest BCUT2D eigenvalue weighted by Crippen LogP contribution is -1.85. The van der Waals surface area contributed by atoms with Crippen LogP contribution in [0, 0.1) is 25.7 Å². The second-order valence-electron chi connectivity index (χ2n) is 4.64. The van der Waals surface area contributed by atoms with Gasteiger partial charge in [-0.1, -0.05) is 53.3 Å². The van der Waals surface area contributed by atoms with E-state index >= 15 is 0 Å². The minimum absolute atomic E-state index is 0.496. The fourth-order valence-corrected chi connectivity index (χ4v) is 1.96. The van der Waals surface area contributed by atoms with Gasteiger partial charge in [-0.3, -0.25) is 4.99 Å². The molecule has 2 heteroatoms. The molecule has 0 saturated heterocycles. The summed E-state index contributed by atoms with van der Waals surface area (Å²) in [5.74, 6) is 6.22. The molecule has 20 heavy (non-hydrogen) atoms. The molecule has 0 saturated carbocycles. The van der Waals surface area contributed by atoms with E-state index < -0.39 is 0 Å². The SMILES string of the molecule is Cc1ccc(C#CCN=Cc2ccc(Cl)cc2)c(C)c1. The molecule has 0 aromatic heterocycles. The van der Waals surface area contributed by atoms with Crippen LogP contribution in [0.15, 0.2) is 47.5 Å². The highest BCUT2D eigenvalue weighted by molar-refractivity contribution is 6.30. The largest absolute Gasteiger partial charge is 0.280 e. The summed E-state index contributed by atoms with van der Waals surface area (Å²) in [6, 6.07) is 13.8. The van der Waals surface area contributed by atoms with Crippen molar-refractivity contribution < 1.29 is 0 Å². The van der Waals surface area contributed by atoms with E-state index in [1.165, 1.54) is 11.1 Å². The van der Waals surface area contributed by atoms with Gasteiger partial charge in [0, 0.05) is 16.8 Å². The maximum absolute atomic E-state index is 5.82. The van der Waals surface area contributed by atoms with Crippen LogP contribution in [0.5, 0.6) is 0 Å². The first-order valence-electron chi connectivity index (χ1n) is 6.47. The van der Waals surface area contributed by atoms with Crippen molar-refractivity contribution in [2.75, 3.05) is 6.54 Å². The van der Waals surface area contributed by atoms with Gasteiger partial charge < -0.3 is 0 Å². The molecule has 0 aliphatic rings. The Morgan fingerprint density at radius 2 is 1.85 bits per heavy atom. The summed E-state index contributed by atoms with van der Waals surface area (Å²) >= 11 is 5.82. The van der Waals surface area contributed by atoms with Gasteiger partial charge in [-0.2, -0.15) is 0 Å². The Morgan fingerprint density at radius 3 is 2.55 bits per heavy atom. The van der Waals surface area contributed by atoms with Gasteiger partial charge in [0.25, 0.3) is 0 Å². The molecular weight excluding hydrogens is 266 g/mol. The number of hydrogen-bond donors (Lipinski definition) is 0. The van der Waals surface area contributed by atoms with Crippen LogP contribution in [0.25, 0.3) is 0 Å². The van der Waals surface area contributed by atoms with E-state index in [0.717, 1.165) is 16.1 Å². The van der Waals surface area contributed by atoms with Gasteiger partial charge in [-0.05, 0) is 43.2 Å². The van der Waals surface area contributed by atoms with Crippen molar-refractivity contribution in [1.82, 2.24) is 0 Å². The molecule has 0 atom stereocenters. The Bertz CT molecular complexity index is 673. The number of benzene rings is 2. The molecule has 0 N–H and O–H groups in total. The second kappa shape index (κ2) is 6.93. The van der Waals surface area contributed by atoms with Crippen molar-refractivity contribution in [1.29, 1.82) is 0 Å². The van der Waals surface area contributed by atoms with Gasteiger partial charge in [-0.15, -0.1) is 0 Å². The molecule has 0 spiro atoms. The molecule has 0 unspecified atom stereocenters. The van der Waals surface area contributed by atoms with E-state index in [0.29, 0.717) is 6.54 Å². The topological polar surface area (TPSA) is 12.4 Å². The van der Waals surface area contributed by atoms with Crippen LogP contribution in [-0.2, 0) is 0 Å². The normalized spacial score (nSPS) is 10.3. The zero-order valence-electron chi connectivity index (χ0n) is 11.7. The molecule has 0 aliphatic carbocycles. The molecule has 0 radical (unpaired) electrons. The van der Waals surface area contributed by atoms with Gasteiger partial charge in [-0.25, -0.2) is 0 Å². The van der Waals surface area contributed by atoms with Gasteiger partial charge in [0.05, 0.1) is 0 Å². The Kier molecular flexibility index (Phi) is 4.98. The standard InChI is InChI=1S/C18H16ClN/c1-14-5-8-17(15(2)12-14)4-3-11-20-13-16-6-9-18(19)10-7-16/h5-10,12-13H,11H2,1-2H3. The van der Waals surface area contributed by atoms with Gasteiger partial charge in [0.15, 0.2) is 0 Å². The molecule has 0 bridgehead atoms. The average Bonchev–Trinajstić information content (AvgIpc) is 2.42. The van der Waals surface area contributed by atoms with Gasteiger partial charge in [0.1, 0.15) is 6.54 Å². The number of nitrogens with zero attached hydrogens (tertiary/aromatic N) is 1. The zero-order valence-corrected chi connectivity index (χ0v) is 12.4. The summed E-state index contributed by atoms with van der Waals surface area (Å²) in [6.45, 7) is 4.66. The fourth-order valence-electron chi connectivity index (χ4n) is 1.83. The van der Waals surface area contributed by atoms with Crippen molar-refractivity contribution in [3.8, 4) is 11.8 Å². The number of aliphatic imine (C=N–C) groups is 1. The highest BCUT2D eigenvalue weighted by Crippen LogP contribution is 2.09. The molecule has 0 amide bonds. The van der Waals surface area contributed by atoms with Crippen molar-refractivity contribution >= 4 is 17.8 Å². The lowest BCUT2D eigenvalue weighted by molar-refractivity contribution is 1.30. The van der Waals surface area contributed by atoms with Crippen LogP contribution in [0.3, 0.4) is 0 Å². The summed E-state index contributed by atoms with van der Waals surface area (Å²) in [7, 11) is 0. The molecule has 0 aliphatic heterocycles. The molecule has 2 aromatic rings. The summed E-state index contributed by atoms with van der Waals surface area (Å²) in [5.41, 5.74) is 4.56. The maximum Gasteiger partial charge on any atom is 0.100 e. The zero-order chi connectivity index (χ0) is 14.4. The highest BCUT2D eigenvalue weighted by Gasteiger charge is 1.93. The van der Waals surface area contributed by atoms with E-state index in [9.17, 15) is 0 Å². The van der Waals surface area contributed by atoms with Crippen LogP contribution in [0.2, 0.25) is 5.02 Å². The molecular formula is C18H16ClN. The average molecular weight is 282 g/mol. The smallest absolute Gasteiger partial charge is 0.100 e. The van der Waals surface area contributed by atoms with Crippen LogP contribution in [0.1, 0.15) is 22.3 Å². The molecule has 2 rings (SSSR count). The Balaban J connectivity index is 1.96. The molecule has 0 fully saturated rings. The predicted octanol–water partition coefficient (Wildman–Crippen LogP) is 4.43. The Hall–Kier alpha value is -2.04. The number of hydrogen-bond acceptors (Lipinski definition) is 1. The summed E-state index contributed by atoms with van der Waals surface area (Å²) < 4.78 is 0. The second-order valence-corrected chi connectivity index (χ2v) is 5.08. The number of halogens is 1. The maximum atomic E-state index is 5.82. The fraction of sp³-hybridized carbons (Fsp3) is 0.167. The predicted molar refractivity (Wildman–Crippen MR) is 86.7 cm³/mol. The monoisotopic (exact) mass is 281 g/mol. The van der Waals surface area contributed by atoms with Crippen LogP contribution >= 0.6 is 11.6 Å². The van der Waals surface area contributed by atoms with Crippen molar-refractivity contribution in [3.05, 3.63) is 69.7 Å². The summed E-state index contributed by atoms with van der Waals surface area (Å²) in [4.78, 5) is 4.29. The van der Waals surface area contributed by atoms with E-state index in [1.54, 1.807) is 0 Å². The first-order chi connectivity index (χ1) is 9.65. The van der Waals surface area contributed by atoms with E-state index in [1.807, 2.05) is 30.5 Å². The molecule has 2 aromatic carbocycles. The van der Waals surface area contributed by atoms with Crippen LogP contribution < -0.4 is 0 Å². The minimum Gasteiger partial charge on any atom is -0.280 e. The van der Waals surface area contributed by atoms with Crippen LogP contribution in [0.4, 0.5) is 0 Å². The first-order valence-corrected chi connectivity index (χ1v) is 6.84. The third-order valence-corrected chi connectivity index (χ3v) is 3.14. The van der Waals surface area contributed by atoms with E-state index in [2.05, 4.69) is 48.9 Å². The lowest BCUT2D eigenvalue weighted by atomic mass is 10.1. The minimum atomic E-state index is 0.496. The third-order valence-electron chi connectivity index (χ3n) is 2.89. The number of rotatable bonds is 2. The van der Waals surface area contributed by atoms with Crippen molar-refractivity contribution in [2.45, 2.75) is 13.8 Å². The quantitative estimate of drug-likeness (QED) is 0.570. The van der Waals surface area contributed by atoms with Crippen LogP contribution in [-0.4, -0.2) is 12.8 Å². The lowest BCUT2D eigenvalue weighted by Gasteiger charge is -1.98. The summed E-state index contributed by atoms with van der Waals surface area (Å²) in [6.07, 6.45) is 1.81. The van der Waals surface area contributed by atoms with Crippen molar-refractivity contribution in [2.24, 2.45) is 4.99 Å². The molecule has 1 nitrogen and oxygen atoms in total. The Morgan fingerprint density at radius 1 is 1.10 bits per heavy atom. The van der Waals surface area contributed by atoms with Crippen molar-refractivity contribution in [3.63, 3.8) is 0 Å². The highest BCUT2D eigenvalue weighted by atomic mass is 35.5. The Labute approximate surface area is 125 Å². The summed E-state index contributed by atoms with van der Waals surface area (Å²) in [5, 5.41) is 0.733. The van der Waals surface area contributed by atoms with E-state index in [-0.39, 0.29) is 0 Å². The van der Waals surface area contributed by atoms with Gasteiger partial charge >= 0.3 is 0 Å². The first kappa shape index (κ1) is 14.4.